The van der Waals surface area contributed by atoms with E-state index in [1.165, 1.54) is 17.7 Å². The maximum absolute atomic E-state index is 9.51. The molecule has 0 N–H and O–H groups in total. The molecule has 4 aromatic carbocycles. The molecule has 1 aliphatic heterocycles. The number of nitriles is 1. The highest BCUT2D eigenvalue weighted by Gasteiger charge is 2.22. The summed E-state index contributed by atoms with van der Waals surface area (Å²) < 4.78 is 5.93. The van der Waals surface area contributed by atoms with E-state index in [4.69, 9.17) is 4.74 Å². The Morgan fingerprint density at radius 3 is 2.19 bits per heavy atom. The summed E-state index contributed by atoms with van der Waals surface area (Å²) in [5.74, 6) is 1.68. The maximum Gasteiger partial charge on any atom is 0.127 e. The Morgan fingerprint density at radius 1 is 0.719 bits per heavy atom. The molecular formula is C28H25N3O. The Labute approximate surface area is 188 Å². The van der Waals surface area contributed by atoms with Gasteiger partial charge in [-0.1, -0.05) is 54.6 Å². The van der Waals surface area contributed by atoms with E-state index in [0.717, 1.165) is 53.9 Å². The highest BCUT2D eigenvalue weighted by molar-refractivity contribution is 5.97. The second kappa shape index (κ2) is 9.13. The lowest BCUT2D eigenvalue weighted by atomic mass is 10.0. The molecule has 4 aromatic rings. The van der Waals surface area contributed by atoms with Crippen LogP contribution in [-0.4, -0.2) is 18.1 Å². The number of anilines is 1. The first-order valence-corrected chi connectivity index (χ1v) is 11.1. The molecule has 4 nitrogen and oxygen atoms in total. The Balaban J connectivity index is 1.38. The van der Waals surface area contributed by atoms with Crippen LogP contribution in [0.5, 0.6) is 11.5 Å². The zero-order valence-electron chi connectivity index (χ0n) is 17.9. The SMILES string of the molecule is N#Cc1ccc(N2CCCCN2Cc2ccc(Oc3ccccc3)cc2)c2ccccc12. The minimum absolute atomic E-state index is 0.724. The Kier molecular flexibility index (Phi) is 5.74. The first-order valence-electron chi connectivity index (χ1n) is 11.1. The third-order valence-electron chi connectivity index (χ3n) is 5.94. The van der Waals surface area contributed by atoms with Gasteiger partial charge in [-0.05, 0) is 54.8 Å². The van der Waals surface area contributed by atoms with Gasteiger partial charge in [-0.25, -0.2) is 5.01 Å². The summed E-state index contributed by atoms with van der Waals surface area (Å²) in [6.07, 6.45) is 2.34. The van der Waals surface area contributed by atoms with E-state index < -0.39 is 0 Å². The van der Waals surface area contributed by atoms with Crippen molar-refractivity contribution in [2.75, 3.05) is 18.1 Å². The smallest absolute Gasteiger partial charge is 0.127 e. The molecule has 0 saturated carbocycles. The van der Waals surface area contributed by atoms with Crippen molar-refractivity contribution in [1.82, 2.24) is 5.01 Å². The predicted octanol–water partition coefficient (Wildman–Crippen LogP) is 6.52. The van der Waals surface area contributed by atoms with E-state index in [0.29, 0.717) is 0 Å². The summed E-state index contributed by atoms with van der Waals surface area (Å²) in [4.78, 5) is 0. The fourth-order valence-corrected chi connectivity index (χ4v) is 4.36. The van der Waals surface area contributed by atoms with Crippen molar-refractivity contribution >= 4 is 16.5 Å². The number of fused-ring (bicyclic) bond motifs is 1. The van der Waals surface area contributed by atoms with Gasteiger partial charge in [-0.15, -0.1) is 0 Å². The second-order valence-electron chi connectivity index (χ2n) is 8.07. The summed E-state index contributed by atoms with van der Waals surface area (Å²) in [5.41, 5.74) is 3.14. The van der Waals surface area contributed by atoms with E-state index in [-0.39, 0.29) is 0 Å². The zero-order chi connectivity index (χ0) is 21.8. The van der Waals surface area contributed by atoms with Crippen LogP contribution in [0, 0.1) is 11.3 Å². The topological polar surface area (TPSA) is 39.5 Å². The van der Waals surface area contributed by atoms with Gasteiger partial charge in [0.05, 0.1) is 17.3 Å². The largest absolute Gasteiger partial charge is 0.457 e. The lowest BCUT2D eigenvalue weighted by Gasteiger charge is -2.41. The number of hydrogen-bond donors (Lipinski definition) is 0. The minimum Gasteiger partial charge on any atom is -0.457 e. The van der Waals surface area contributed by atoms with Gasteiger partial charge in [0.25, 0.3) is 0 Å². The van der Waals surface area contributed by atoms with Crippen LogP contribution >= 0.6 is 0 Å². The van der Waals surface area contributed by atoms with Gasteiger partial charge in [-0.3, -0.25) is 0 Å². The van der Waals surface area contributed by atoms with E-state index in [2.05, 4.69) is 40.4 Å². The van der Waals surface area contributed by atoms with Crippen molar-refractivity contribution < 1.29 is 4.74 Å². The van der Waals surface area contributed by atoms with E-state index >= 15 is 0 Å². The first-order chi connectivity index (χ1) is 15.8. The second-order valence-corrected chi connectivity index (χ2v) is 8.07. The summed E-state index contributed by atoms with van der Waals surface area (Å²) in [5, 5.41) is 16.5. The Morgan fingerprint density at radius 2 is 1.41 bits per heavy atom. The van der Waals surface area contributed by atoms with Gasteiger partial charge in [0, 0.05) is 30.4 Å². The Bertz CT molecular complexity index is 1250. The molecule has 5 rings (SSSR count). The molecule has 0 aromatic heterocycles. The van der Waals surface area contributed by atoms with Crippen molar-refractivity contribution in [2.45, 2.75) is 19.4 Å². The van der Waals surface area contributed by atoms with Crippen LogP contribution in [0.15, 0.2) is 91.0 Å². The summed E-state index contributed by atoms with van der Waals surface area (Å²) in [6.45, 7) is 2.82. The first kappa shape index (κ1) is 20.1. The molecule has 0 amide bonds. The van der Waals surface area contributed by atoms with Gasteiger partial charge in [0.15, 0.2) is 0 Å². The molecule has 32 heavy (non-hydrogen) atoms. The number of benzene rings is 4. The third-order valence-corrected chi connectivity index (χ3v) is 5.94. The zero-order valence-corrected chi connectivity index (χ0v) is 17.9. The van der Waals surface area contributed by atoms with Gasteiger partial charge >= 0.3 is 0 Å². The molecule has 0 aliphatic carbocycles. The molecule has 0 atom stereocenters. The average molecular weight is 420 g/mol. The van der Waals surface area contributed by atoms with Crippen LogP contribution in [-0.2, 0) is 6.54 Å². The molecule has 0 radical (unpaired) electrons. The number of nitrogens with zero attached hydrogens (tertiary/aromatic N) is 3. The molecule has 1 fully saturated rings. The van der Waals surface area contributed by atoms with Crippen LogP contribution in [0.4, 0.5) is 5.69 Å². The molecule has 0 unspecified atom stereocenters. The third kappa shape index (κ3) is 4.16. The molecule has 1 heterocycles. The molecular weight excluding hydrogens is 394 g/mol. The summed E-state index contributed by atoms with van der Waals surface area (Å²) in [7, 11) is 0. The lowest BCUT2D eigenvalue weighted by molar-refractivity contribution is 0.205. The number of rotatable bonds is 5. The summed E-state index contributed by atoms with van der Waals surface area (Å²) >= 11 is 0. The minimum atomic E-state index is 0.724. The van der Waals surface area contributed by atoms with E-state index in [9.17, 15) is 5.26 Å². The molecule has 0 bridgehead atoms. The molecule has 1 saturated heterocycles. The van der Waals surface area contributed by atoms with Crippen LogP contribution in [0.2, 0.25) is 0 Å². The number of hydrazine groups is 1. The fourth-order valence-electron chi connectivity index (χ4n) is 4.36. The van der Waals surface area contributed by atoms with Gasteiger partial charge in [-0.2, -0.15) is 5.26 Å². The lowest BCUT2D eigenvalue weighted by Crippen LogP contribution is -2.47. The highest BCUT2D eigenvalue weighted by Crippen LogP contribution is 2.32. The van der Waals surface area contributed by atoms with Crippen molar-refractivity contribution in [3.63, 3.8) is 0 Å². The monoisotopic (exact) mass is 419 g/mol. The standard InChI is InChI=1S/C28H25N3O/c29-20-23-14-17-28(27-11-5-4-10-26(23)27)31-19-7-6-18-30(31)21-22-12-15-25(16-13-22)32-24-8-2-1-3-9-24/h1-5,8-17H,6-7,18-19,21H2. The van der Waals surface area contributed by atoms with Crippen LogP contribution in [0.3, 0.4) is 0 Å². The number of hydrogen-bond acceptors (Lipinski definition) is 4. The van der Waals surface area contributed by atoms with Crippen molar-refractivity contribution in [3.05, 3.63) is 102 Å². The Hall–Kier alpha value is -3.81. The van der Waals surface area contributed by atoms with Gasteiger partial charge in [0.1, 0.15) is 11.5 Å². The van der Waals surface area contributed by atoms with Gasteiger partial charge < -0.3 is 9.75 Å². The van der Waals surface area contributed by atoms with Crippen LogP contribution < -0.4 is 9.75 Å². The van der Waals surface area contributed by atoms with Crippen molar-refractivity contribution in [1.29, 1.82) is 5.26 Å². The van der Waals surface area contributed by atoms with E-state index in [1.54, 1.807) is 0 Å². The number of para-hydroxylation sites is 1. The molecule has 1 aliphatic rings. The highest BCUT2D eigenvalue weighted by atomic mass is 16.5. The maximum atomic E-state index is 9.51. The average Bonchev–Trinajstić information content (AvgIpc) is 2.86. The van der Waals surface area contributed by atoms with Crippen molar-refractivity contribution in [3.8, 4) is 17.6 Å². The molecule has 0 spiro atoms. The van der Waals surface area contributed by atoms with Crippen LogP contribution in [0.1, 0.15) is 24.0 Å². The molecule has 158 valence electrons. The fraction of sp³-hybridized carbons (Fsp3) is 0.179. The predicted molar refractivity (Wildman–Crippen MR) is 129 cm³/mol. The quantitative estimate of drug-likeness (QED) is 0.369. The summed E-state index contributed by atoms with van der Waals surface area (Å²) in [6, 6.07) is 32.8. The molecule has 4 heteroatoms. The van der Waals surface area contributed by atoms with Crippen molar-refractivity contribution in [2.24, 2.45) is 0 Å². The number of ether oxygens (including phenoxy) is 1. The normalized spacial score (nSPS) is 14.3. The van der Waals surface area contributed by atoms with Crippen LogP contribution in [0.25, 0.3) is 10.8 Å². The van der Waals surface area contributed by atoms with Gasteiger partial charge in [0.2, 0.25) is 0 Å². The van der Waals surface area contributed by atoms with E-state index in [1.807, 2.05) is 66.7 Å².